The van der Waals surface area contributed by atoms with Gasteiger partial charge >= 0.3 is 0 Å². The van der Waals surface area contributed by atoms with Crippen molar-refractivity contribution in [3.63, 3.8) is 0 Å². The highest BCUT2D eigenvalue weighted by atomic mass is 32.2. The molecule has 2 aromatic rings. The molecule has 2 aliphatic rings. The third-order valence-corrected chi connectivity index (χ3v) is 7.36. The Morgan fingerprint density at radius 2 is 2.19 bits per heavy atom. The van der Waals surface area contributed by atoms with Crippen LogP contribution in [0.5, 0.6) is 0 Å². The Labute approximate surface area is 161 Å². The molecule has 7 heteroatoms. The molecule has 1 aromatic carbocycles. The number of fused-ring (bicyclic) bond motifs is 1. The maximum atomic E-state index is 11.6. The number of benzene rings is 1. The smallest absolute Gasteiger partial charge is 0.151 e. The summed E-state index contributed by atoms with van der Waals surface area (Å²) >= 11 is 0. The van der Waals surface area contributed by atoms with Crippen LogP contribution in [0.4, 0.5) is 5.69 Å². The number of hydrogen-bond acceptors (Lipinski definition) is 5. The summed E-state index contributed by atoms with van der Waals surface area (Å²) in [4.78, 5) is 6.81. The maximum Gasteiger partial charge on any atom is 0.151 e. The van der Waals surface area contributed by atoms with Crippen LogP contribution >= 0.6 is 0 Å². The van der Waals surface area contributed by atoms with Crippen LogP contribution in [0.1, 0.15) is 25.3 Å². The van der Waals surface area contributed by atoms with Crippen LogP contribution < -0.4 is 10.2 Å². The van der Waals surface area contributed by atoms with Gasteiger partial charge in [0, 0.05) is 43.5 Å². The van der Waals surface area contributed by atoms with Crippen LogP contribution in [-0.2, 0) is 22.8 Å². The summed E-state index contributed by atoms with van der Waals surface area (Å²) in [5.74, 6) is 0.577. The molecule has 146 valence electrons. The van der Waals surface area contributed by atoms with Gasteiger partial charge in [0.2, 0.25) is 0 Å². The van der Waals surface area contributed by atoms with E-state index in [0.717, 1.165) is 44.7 Å². The van der Waals surface area contributed by atoms with Crippen LogP contribution in [0.3, 0.4) is 0 Å². The van der Waals surface area contributed by atoms with Gasteiger partial charge in [-0.1, -0.05) is 13.0 Å². The van der Waals surface area contributed by atoms with Crippen molar-refractivity contribution >= 4 is 15.5 Å². The van der Waals surface area contributed by atoms with E-state index in [0.29, 0.717) is 5.75 Å². The van der Waals surface area contributed by atoms with E-state index < -0.39 is 9.84 Å². The van der Waals surface area contributed by atoms with E-state index in [1.54, 1.807) is 0 Å². The van der Waals surface area contributed by atoms with Crippen molar-refractivity contribution in [2.24, 2.45) is 0 Å². The van der Waals surface area contributed by atoms with Gasteiger partial charge in [-0.25, -0.2) is 13.4 Å². The molecule has 4 rings (SSSR count). The van der Waals surface area contributed by atoms with Gasteiger partial charge in [0.15, 0.2) is 9.84 Å². The molecule has 1 fully saturated rings. The van der Waals surface area contributed by atoms with Crippen LogP contribution in [0.2, 0.25) is 0 Å². The first-order chi connectivity index (χ1) is 13.1. The van der Waals surface area contributed by atoms with Gasteiger partial charge < -0.3 is 14.8 Å². The van der Waals surface area contributed by atoms with Crippen molar-refractivity contribution in [2.75, 3.05) is 36.0 Å². The van der Waals surface area contributed by atoms with Crippen molar-refractivity contribution in [3.05, 3.63) is 36.3 Å². The number of hydrogen-bond donors (Lipinski definition) is 1. The summed E-state index contributed by atoms with van der Waals surface area (Å²) in [6, 6.07) is 6.82. The zero-order valence-corrected chi connectivity index (χ0v) is 16.7. The van der Waals surface area contributed by atoms with Crippen LogP contribution in [-0.4, -0.2) is 55.2 Å². The number of nitrogens with one attached hydrogen (secondary N) is 1. The Kier molecular flexibility index (Phi) is 5.23. The SMILES string of the molecule is CCCN1CCc2cc(-c3cncn3CCN[C@H]3CCS(=O)(=O)C3)ccc21. The number of anilines is 1. The molecule has 3 heterocycles. The van der Waals surface area contributed by atoms with Crippen LogP contribution in [0.15, 0.2) is 30.7 Å². The van der Waals surface area contributed by atoms with Crippen LogP contribution in [0.25, 0.3) is 11.3 Å². The van der Waals surface area contributed by atoms with Gasteiger partial charge in [0.25, 0.3) is 0 Å². The van der Waals surface area contributed by atoms with E-state index in [1.165, 1.54) is 23.2 Å². The summed E-state index contributed by atoms with van der Waals surface area (Å²) in [5, 5.41) is 3.38. The highest BCUT2D eigenvalue weighted by Crippen LogP contribution is 2.32. The molecule has 1 atom stereocenters. The molecule has 1 aromatic heterocycles. The van der Waals surface area contributed by atoms with Crippen molar-refractivity contribution in [1.82, 2.24) is 14.9 Å². The molecule has 1 saturated heterocycles. The highest BCUT2D eigenvalue weighted by molar-refractivity contribution is 7.91. The lowest BCUT2D eigenvalue weighted by Crippen LogP contribution is -2.32. The van der Waals surface area contributed by atoms with Gasteiger partial charge in [0.1, 0.15) is 0 Å². The predicted molar refractivity (Wildman–Crippen MR) is 109 cm³/mol. The topological polar surface area (TPSA) is 67.2 Å². The molecular weight excluding hydrogens is 360 g/mol. The zero-order chi connectivity index (χ0) is 18.9. The molecule has 0 amide bonds. The normalized spacial score (nSPS) is 20.9. The van der Waals surface area contributed by atoms with E-state index in [2.05, 4.69) is 44.9 Å². The monoisotopic (exact) mass is 388 g/mol. The maximum absolute atomic E-state index is 11.6. The van der Waals surface area contributed by atoms with E-state index in [1.807, 2.05) is 12.5 Å². The fourth-order valence-corrected chi connectivity index (χ4v) is 5.92. The Morgan fingerprint density at radius 1 is 1.30 bits per heavy atom. The summed E-state index contributed by atoms with van der Waals surface area (Å²) in [7, 11) is -2.83. The largest absolute Gasteiger partial charge is 0.371 e. The Morgan fingerprint density at radius 3 is 2.96 bits per heavy atom. The summed E-state index contributed by atoms with van der Waals surface area (Å²) in [6.45, 7) is 5.98. The van der Waals surface area contributed by atoms with E-state index in [9.17, 15) is 8.42 Å². The number of imidazole rings is 1. The second kappa shape index (κ2) is 7.64. The number of rotatable bonds is 7. The number of aromatic nitrogens is 2. The number of nitrogens with zero attached hydrogens (tertiary/aromatic N) is 3. The Bertz CT molecular complexity index is 906. The molecule has 2 aliphatic heterocycles. The summed E-state index contributed by atoms with van der Waals surface area (Å²) in [6.07, 6.45) is 6.77. The Balaban J connectivity index is 1.42. The average Bonchev–Trinajstić information content (AvgIpc) is 3.34. The highest BCUT2D eigenvalue weighted by Gasteiger charge is 2.27. The van der Waals surface area contributed by atoms with E-state index in [-0.39, 0.29) is 11.8 Å². The molecule has 1 N–H and O–H groups in total. The molecule has 27 heavy (non-hydrogen) atoms. The van der Waals surface area contributed by atoms with E-state index in [4.69, 9.17) is 0 Å². The molecule has 0 bridgehead atoms. The quantitative estimate of drug-likeness (QED) is 0.787. The van der Waals surface area contributed by atoms with Crippen molar-refractivity contribution < 1.29 is 8.42 Å². The third-order valence-electron chi connectivity index (χ3n) is 5.59. The van der Waals surface area contributed by atoms with Crippen molar-refractivity contribution in [3.8, 4) is 11.3 Å². The van der Waals surface area contributed by atoms with Gasteiger partial charge in [-0.15, -0.1) is 0 Å². The van der Waals surface area contributed by atoms with E-state index >= 15 is 0 Å². The lowest BCUT2D eigenvalue weighted by molar-refractivity contribution is 0.521. The lowest BCUT2D eigenvalue weighted by Gasteiger charge is -2.18. The minimum atomic E-state index is -2.83. The first-order valence-corrected chi connectivity index (χ1v) is 11.7. The lowest BCUT2D eigenvalue weighted by atomic mass is 10.1. The minimum Gasteiger partial charge on any atom is -0.371 e. The van der Waals surface area contributed by atoms with Gasteiger partial charge in [-0.2, -0.15) is 0 Å². The second-order valence-electron chi connectivity index (χ2n) is 7.61. The van der Waals surface area contributed by atoms with Gasteiger partial charge in [-0.05, 0) is 37.0 Å². The molecule has 0 radical (unpaired) electrons. The van der Waals surface area contributed by atoms with Crippen molar-refractivity contribution in [2.45, 2.75) is 38.8 Å². The molecule has 0 saturated carbocycles. The minimum absolute atomic E-state index is 0.0894. The standard InChI is InChI=1S/C20H28N4O2S/c1-2-8-23-9-5-17-12-16(3-4-19(17)23)20-13-21-15-24(20)10-7-22-18-6-11-27(25,26)14-18/h3-4,12-13,15,18,22H,2,5-11,14H2,1H3/t18-/m0/s1. The van der Waals surface area contributed by atoms with Crippen molar-refractivity contribution in [1.29, 1.82) is 0 Å². The second-order valence-corrected chi connectivity index (χ2v) is 9.84. The molecular formula is C20H28N4O2S. The molecule has 0 spiro atoms. The summed E-state index contributed by atoms with van der Waals surface area (Å²) < 4.78 is 25.3. The molecule has 0 aliphatic carbocycles. The molecule has 6 nitrogen and oxygen atoms in total. The first-order valence-electron chi connectivity index (χ1n) is 9.88. The zero-order valence-electron chi connectivity index (χ0n) is 15.9. The third kappa shape index (κ3) is 4.04. The Hall–Kier alpha value is -1.86. The van der Waals surface area contributed by atoms with Gasteiger partial charge in [0.05, 0.1) is 29.7 Å². The fourth-order valence-electron chi connectivity index (χ4n) is 4.22. The van der Waals surface area contributed by atoms with Gasteiger partial charge in [-0.3, -0.25) is 0 Å². The molecule has 0 unspecified atom stereocenters. The predicted octanol–water partition coefficient (Wildman–Crippen LogP) is 2.10. The number of sulfone groups is 1. The average molecular weight is 389 g/mol. The first kappa shape index (κ1) is 18.5. The summed E-state index contributed by atoms with van der Waals surface area (Å²) in [5.41, 5.74) is 5.11. The van der Waals surface area contributed by atoms with Crippen LogP contribution in [0, 0.1) is 0 Å². The fraction of sp³-hybridized carbons (Fsp3) is 0.550.